The molecule has 0 saturated heterocycles. The van der Waals surface area contributed by atoms with E-state index in [2.05, 4.69) is 14.1 Å². The van der Waals surface area contributed by atoms with Gasteiger partial charge in [-0.1, -0.05) is 11.6 Å². The molecular formula is C10H9ClN4O3S. The van der Waals surface area contributed by atoms with Crippen LogP contribution in [0.2, 0.25) is 5.02 Å². The number of carbonyl (C=O) groups is 2. The molecule has 0 aliphatic heterocycles. The second-order valence-corrected chi connectivity index (χ2v) is 4.67. The lowest BCUT2D eigenvalue weighted by Gasteiger charge is -2.16. The Morgan fingerprint density at radius 1 is 1.47 bits per heavy atom. The number of rotatable bonds is 3. The second-order valence-electron chi connectivity index (χ2n) is 3.73. The van der Waals surface area contributed by atoms with Gasteiger partial charge in [0.1, 0.15) is 17.6 Å². The molecular weight excluding hydrogens is 292 g/mol. The molecule has 0 aliphatic carbocycles. The minimum absolute atomic E-state index is 0.317. The fraction of sp³-hybridized carbons (Fsp3) is 0.200. The quantitative estimate of drug-likeness (QED) is 0.902. The predicted molar refractivity (Wildman–Crippen MR) is 71.7 cm³/mol. The van der Waals surface area contributed by atoms with Crippen LogP contribution in [-0.4, -0.2) is 44.3 Å². The number of nitrogens with one attached hydrogen (secondary N) is 1. The number of hydrogen-bond donors (Lipinski definition) is 2. The number of carboxylic acid groups (broad SMARTS) is 1. The van der Waals surface area contributed by atoms with Crippen molar-refractivity contribution in [2.24, 2.45) is 0 Å². The summed E-state index contributed by atoms with van der Waals surface area (Å²) < 4.78 is 8.08. The Morgan fingerprint density at radius 3 is 2.89 bits per heavy atom. The Labute approximate surface area is 117 Å². The van der Waals surface area contributed by atoms with E-state index in [9.17, 15) is 9.59 Å². The number of aromatic nitrogens is 2. The zero-order chi connectivity index (χ0) is 14.0. The first-order chi connectivity index (χ1) is 8.99. The third kappa shape index (κ3) is 2.91. The number of anilines is 1. The summed E-state index contributed by atoms with van der Waals surface area (Å²) in [5.74, 6) is -1.10. The van der Waals surface area contributed by atoms with Gasteiger partial charge in [-0.25, -0.2) is 4.79 Å². The standard InChI is InChI=1S/C10H9ClN4O3S/c1-15(4-7(16)17)10(18)12-8-5(11)2-3-6-9(8)14-19-13-6/h2-3H,4H2,1H3,(H,12,18)(H,16,17). The number of hydrogen-bond acceptors (Lipinski definition) is 5. The van der Waals surface area contributed by atoms with Crippen LogP contribution in [-0.2, 0) is 4.79 Å². The van der Waals surface area contributed by atoms with Crippen LogP contribution in [0.3, 0.4) is 0 Å². The van der Waals surface area contributed by atoms with Gasteiger partial charge in [0.25, 0.3) is 0 Å². The van der Waals surface area contributed by atoms with Crippen LogP contribution in [0.15, 0.2) is 12.1 Å². The summed E-state index contributed by atoms with van der Waals surface area (Å²) in [6.45, 7) is -0.408. The maximum Gasteiger partial charge on any atom is 0.323 e. The van der Waals surface area contributed by atoms with Gasteiger partial charge in [-0.2, -0.15) is 8.75 Å². The summed E-state index contributed by atoms with van der Waals surface area (Å²) in [4.78, 5) is 23.4. The monoisotopic (exact) mass is 300 g/mol. The van der Waals surface area contributed by atoms with Gasteiger partial charge in [-0.05, 0) is 12.1 Å². The molecule has 0 unspecified atom stereocenters. The fourth-order valence-corrected chi connectivity index (χ4v) is 2.17. The third-order valence-electron chi connectivity index (χ3n) is 2.33. The van der Waals surface area contributed by atoms with Crippen molar-refractivity contribution in [2.45, 2.75) is 0 Å². The van der Waals surface area contributed by atoms with E-state index >= 15 is 0 Å². The van der Waals surface area contributed by atoms with Crippen molar-refractivity contribution < 1.29 is 14.7 Å². The number of urea groups is 1. The van der Waals surface area contributed by atoms with Crippen molar-refractivity contribution in [1.82, 2.24) is 13.6 Å². The first kappa shape index (κ1) is 13.5. The van der Waals surface area contributed by atoms with Gasteiger partial charge in [0.15, 0.2) is 0 Å². The van der Waals surface area contributed by atoms with Crippen LogP contribution in [0.25, 0.3) is 11.0 Å². The van der Waals surface area contributed by atoms with E-state index in [1.807, 2.05) is 0 Å². The van der Waals surface area contributed by atoms with Crippen molar-refractivity contribution in [1.29, 1.82) is 0 Å². The van der Waals surface area contributed by atoms with Crippen molar-refractivity contribution in [3.05, 3.63) is 17.2 Å². The molecule has 2 rings (SSSR count). The number of amides is 2. The highest BCUT2D eigenvalue weighted by molar-refractivity contribution is 7.00. The first-order valence-electron chi connectivity index (χ1n) is 5.13. The maximum absolute atomic E-state index is 11.8. The van der Waals surface area contributed by atoms with E-state index in [0.29, 0.717) is 21.7 Å². The van der Waals surface area contributed by atoms with E-state index < -0.39 is 18.5 Å². The van der Waals surface area contributed by atoms with E-state index in [0.717, 1.165) is 16.6 Å². The van der Waals surface area contributed by atoms with Gasteiger partial charge < -0.3 is 15.3 Å². The Balaban J connectivity index is 2.25. The predicted octanol–water partition coefficient (Wildman–Crippen LogP) is 1.89. The van der Waals surface area contributed by atoms with Gasteiger partial charge in [0.05, 0.1) is 22.4 Å². The Morgan fingerprint density at radius 2 is 2.21 bits per heavy atom. The lowest BCUT2D eigenvalue weighted by molar-refractivity contribution is -0.137. The second kappa shape index (κ2) is 5.37. The van der Waals surface area contributed by atoms with E-state index in [1.54, 1.807) is 12.1 Å². The number of carboxylic acids is 1. The average Bonchev–Trinajstić information content (AvgIpc) is 2.80. The molecule has 2 aromatic rings. The summed E-state index contributed by atoms with van der Waals surface area (Å²) in [5, 5.41) is 11.5. The molecule has 2 N–H and O–H groups in total. The zero-order valence-electron chi connectivity index (χ0n) is 9.75. The van der Waals surface area contributed by atoms with Gasteiger partial charge in [0.2, 0.25) is 0 Å². The number of nitrogens with zero attached hydrogens (tertiary/aromatic N) is 3. The van der Waals surface area contributed by atoms with Crippen LogP contribution in [0, 0.1) is 0 Å². The van der Waals surface area contributed by atoms with Gasteiger partial charge in [0, 0.05) is 7.05 Å². The summed E-state index contributed by atoms with van der Waals surface area (Å²) in [6.07, 6.45) is 0. The van der Waals surface area contributed by atoms with Crippen molar-refractivity contribution in [3.63, 3.8) is 0 Å². The van der Waals surface area contributed by atoms with Crippen LogP contribution < -0.4 is 5.32 Å². The largest absolute Gasteiger partial charge is 0.480 e. The molecule has 100 valence electrons. The van der Waals surface area contributed by atoms with E-state index in [-0.39, 0.29) is 0 Å². The summed E-state index contributed by atoms with van der Waals surface area (Å²) in [5.41, 5.74) is 1.43. The molecule has 19 heavy (non-hydrogen) atoms. The molecule has 0 fully saturated rings. The summed E-state index contributed by atoms with van der Waals surface area (Å²) in [6, 6.07) is 2.71. The fourth-order valence-electron chi connectivity index (χ4n) is 1.42. The molecule has 0 aliphatic rings. The van der Waals surface area contributed by atoms with Crippen molar-refractivity contribution in [3.8, 4) is 0 Å². The normalized spacial score (nSPS) is 10.4. The highest BCUT2D eigenvalue weighted by Crippen LogP contribution is 2.29. The number of aliphatic carboxylic acids is 1. The molecule has 2 amide bonds. The highest BCUT2D eigenvalue weighted by Gasteiger charge is 2.16. The molecule has 0 atom stereocenters. The van der Waals surface area contributed by atoms with Crippen LogP contribution >= 0.6 is 23.3 Å². The molecule has 0 saturated carbocycles. The summed E-state index contributed by atoms with van der Waals surface area (Å²) in [7, 11) is 1.37. The van der Waals surface area contributed by atoms with Crippen molar-refractivity contribution >= 4 is 52.1 Å². The zero-order valence-corrected chi connectivity index (χ0v) is 11.3. The topological polar surface area (TPSA) is 95.4 Å². The molecule has 0 radical (unpaired) electrons. The Hall–Kier alpha value is -1.93. The average molecular weight is 301 g/mol. The molecule has 0 spiro atoms. The number of fused-ring (bicyclic) bond motifs is 1. The third-order valence-corrected chi connectivity index (χ3v) is 3.19. The van der Waals surface area contributed by atoms with Gasteiger partial charge in [-0.15, -0.1) is 0 Å². The number of carbonyl (C=O) groups excluding carboxylic acids is 1. The molecule has 1 aromatic heterocycles. The minimum atomic E-state index is -1.10. The lowest BCUT2D eigenvalue weighted by atomic mass is 10.2. The Bertz CT molecular complexity index is 645. The van der Waals surface area contributed by atoms with E-state index in [4.69, 9.17) is 16.7 Å². The SMILES string of the molecule is CN(CC(=O)O)C(=O)Nc1c(Cl)ccc2nsnc12. The lowest BCUT2D eigenvalue weighted by Crippen LogP contribution is -2.35. The first-order valence-corrected chi connectivity index (χ1v) is 6.24. The number of halogens is 1. The summed E-state index contributed by atoms with van der Waals surface area (Å²) >= 11 is 7.01. The number of benzene rings is 1. The highest BCUT2D eigenvalue weighted by atomic mass is 35.5. The van der Waals surface area contributed by atoms with Crippen molar-refractivity contribution in [2.75, 3.05) is 18.9 Å². The number of likely N-dealkylation sites (N-methyl/N-ethyl adjacent to an activating group) is 1. The molecule has 1 aromatic carbocycles. The minimum Gasteiger partial charge on any atom is -0.480 e. The molecule has 0 bridgehead atoms. The van der Waals surface area contributed by atoms with Gasteiger partial charge >= 0.3 is 12.0 Å². The maximum atomic E-state index is 11.8. The van der Waals surface area contributed by atoms with E-state index in [1.165, 1.54) is 7.05 Å². The molecule has 9 heteroatoms. The smallest absolute Gasteiger partial charge is 0.323 e. The van der Waals surface area contributed by atoms with Crippen LogP contribution in [0.1, 0.15) is 0 Å². The van der Waals surface area contributed by atoms with Crippen LogP contribution in [0.5, 0.6) is 0 Å². The molecule has 7 nitrogen and oxygen atoms in total. The van der Waals surface area contributed by atoms with Gasteiger partial charge in [-0.3, -0.25) is 4.79 Å². The Kier molecular flexibility index (Phi) is 3.82. The molecule has 1 heterocycles. The van der Waals surface area contributed by atoms with Crippen LogP contribution in [0.4, 0.5) is 10.5 Å².